The third kappa shape index (κ3) is 2.92. The molecule has 32 heavy (non-hydrogen) atoms. The number of nitrogens with zero attached hydrogens (tertiary/aromatic N) is 2. The van der Waals surface area contributed by atoms with Crippen LogP contribution in [0.3, 0.4) is 0 Å². The Morgan fingerprint density at radius 3 is 2.28 bits per heavy atom. The van der Waals surface area contributed by atoms with Crippen LogP contribution in [0.4, 0.5) is 5.69 Å². The van der Waals surface area contributed by atoms with Gasteiger partial charge in [0, 0.05) is 34.9 Å². The fraction of sp³-hybridized carbons (Fsp3) is 0.172. The van der Waals surface area contributed by atoms with Gasteiger partial charge in [-0.2, -0.15) is 4.57 Å². The van der Waals surface area contributed by atoms with Crippen molar-refractivity contribution in [1.29, 1.82) is 0 Å². The Morgan fingerprint density at radius 1 is 0.812 bits per heavy atom. The van der Waals surface area contributed by atoms with Gasteiger partial charge in [0.1, 0.15) is 18.2 Å². The number of fused-ring (bicyclic) bond motifs is 3. The SMILES string of the molecule is [C-]#[N+]c1cc(-c2ccccc2)c2oc3c(-c4cc(C)c(C)c(C)[n+]4C)c(C)ccc3c2c1. The van der Waals surface area contributed by atoms with Gasteiger partial charge in [-0.15, -0.1) is 0 Å². The van der Waals surface area contributed by atoms with Gasteiger partial charge in [-0.3, -0.25) is 0 Å². The number of pyridine rings is 1. The van der Waals surface area contributed by atoms with Gasteiger partial charge in [-0.1, -0.05) is 42.5 Å². The minimum absolute atomic E-state index is 0.619. The summed E-state index contributed by atoms with van der Waals surface area (Å²) in [5.74, 6) is 0. The lowest BCUT2D eigenvalue weighted by Gasteiger charge is -2.10. The summed E-state index contributed by atoms with van der Waals surface area (Å²) in [4.78, 5) is 3.74. The van der Waals surface area contributed by atoms with Crippen molar-refractivity contribution in [2.75, 3.05) is 0 Å². The van der Waals surface area contributed by atoms with E-state index in [1.165, 1.54) is 22.4 Å². The van der Waals surface area contributed by atoms with Crippen molar-refractivity contribution in [3.05, 3.63) is 94.5 Å². The van der Waals surface area contributed by atoms with Gasteiger partial charge in [-0.05, 0) is 49.6 Å². The maximum Gasteiger partial charge on any atom is 0.216 e. The van der Waals surface area contributed by atoms with Gasteiger partial charge in [-0.25, -0.2) is 4.85 Å². The maximum absolute atomic E-state index is 7.64. The molecule has 0 unspecified atom stereocenters. The smallest absolute Gasteiger partial charge is 0.216 e. The molecule has 3 heteroatoms. The van der Waals surface area contributed by atoms with Crippen molar-refractivity contribution in [3.8, 4) is 22.4 Å². The zero-order valence-electron chi connectivity index (χ0n) is 19.1. The molecule has 5 aromatic rings. The molecule has 0 amide bonds. The van der Waals surface area contributed by atoms with E-state index >= 15 is 0 Å². The van der Waals surface area contributed by atoms with Crippen molar-refractivity contribution >= 4 is 27.6 Å². The molecule has 3 aromatic carbocycles. The molecule has 2 heterocycles. The zero-order chi connectivity index (χ0) is 22.6. The van der Waals surface area contributed by atoms with Crippen LogP contribution in [0.1, 0.15) is 22.4 Å². The van der Waals surface area contributed by atoms with Gasteiger partial charge in [0.05, 0.1) is 12.1 Å². The van der Waals surface area contributed by atoms with Crippen LogP contribution in [-0.2, 0) is 7.05 Å². The van der Waals surface area contributed by atoms with Crippen LogP contribution in [-0.4, -0.2) is 0 Å². The molecule has 156 valence electrons. The van der Waals surface area contributed by atoms with Gasteiger partial charge < -0.3 is 4.42 Å². The first-order valence-corrected chi connectivity index (χ1v) is 10.8. The average Bonchev–Trinajstić information content (AvgIpc) is 3.18. The van der Waals surface area contributed by atoms with E-state index in [9.17, 15) is 0 Å². The number of rotatable bonds is 2. The molecule has 0 N–H and O–H groups in total. The topological polar surface area (TPSA) is 21.4 Å². The van der Waals surface area contributed by atoms with Crippen LogP contribution < -0.4 is 4.57 Å². The Balaban J connectivity index is 1.93. The molecule has 0 saturated carbocycles. The van der Waals surface area contributed by atoms with E-state index in [-0.39, 0.29) is 0 Å². The third-order valence-electron chi connectivity index (χ3n) is 6.76. The lowest BCUT2D eigenvalue weighted by molar-refractivity contribution is -0.667. The fourth-order valence-electron chi connectivity index (χ4n) is 4.61. The van der Waals surface area contributed by atoms with E-state index in [0.717, 1.165) is 44.3 Å². The Labute approximate surface area is 188 Å². The minimum atomic E-state index is 0.619. The van der Waals surface area contributed by atoms with Gasteiger partial charge in [0.25, 0.3) is 0 Å². The number of aryl methyl sites for hydroxylation is 2. The van der Waals surface area contributed by atoms with Crippen LogP contribution >= 0.6 is 0 Å². The molecule has 0 atom stereocenters. The van der Waals surface area contributed by atoms with Gasteiger partial charge in [0.15, 0.2) is 11.4 Å². The van der Waals surface area contributed by atoms with Crippen LogP contribution in [0.25, 0.3) is 49.2 Å². The summed E-state index contributed by atoms with van der Waals surface area (Å²) < 4.78 is 8.90. The zero-order valence-corrected chi connectivity index (χ0v) is 19.1. The minimum Gasteiger partial charge on any atom is -0.455 e. The molecule has 0 aliphatic rings. The summed E-state index contributed by atoms with van der Waals surface area (Å²) >= 11 is 0. The lowest BCUT2D eigenvalue weighted by Crippen LogP contribution is -2.36. The second-order valence-electron chi connectivity index (χ2n) is 8.57. The molecule has 5 rings (SSSR count). The summed E-state index contributed by atoms with van der Waals surface area (Å²) in [6, 6.07) is 20.6. The number of hydrogen-bond acceptors (Lipinski definition) is 1. The highest BCUT2D eigenvalue weighted by Crippen LogP contribution is 2.42. The largest absolute Gasteiger partial charge is 0.455 e. The molecule has 0 aliphatic carbocycles. The Hall–Kier alpha value is -3.90. The molecule has 0 fully saturated rings. The highest BCUT2D eigenvalue weighted by atomic mass is 16.3. The van der Waals surface area contributed by atoms with Crippen molar-refractivity contribution in [1.82, 2.24) is 0 Å². The second-order valence-corrected chi connectivity index (χ2v) is 8.57. The predicted octanol–water partition coefficient (Wildman–Crippen LogP) is 7.53. The Kier molecular flexibility index (Phi) is 4.60. The van der Waals surface area contributed by atoms with E-state index in [1.54, 1.807) is 0 Å². The molecule has 0 radical (unpaired) electrons. The summed E-state index contributed by atoms with van der Waals surface area (Å²) in [7, 11) is 2.12. The van der Waals surface area contributed by atoms with Crippen molar-refractivity contribution in [2.45, 2.75) is 27.7 Å². The first-order chi connectivity index (χ1) is 15.4. The van der Waals surface area contributed by atoms with E-state index in [1.807, 2.05) is 30.3 Å². The van der Waals surface area contributed by atoms with Crippen LogP contribution in [0.15, 0.2) is 65.1 Å². The molecular weight excluding hydrogens is 392 g/mol. The fourth-order valence-corrected chi connectivity index (χ4v) is 4.61. The van der Waals surface area contributed by atoms with Crippen molar-refractivity contribution in [2.24, 2.45) is 7.05 Å². The highest BCUT2D eigenvalue weighted by Gasteiger charge is 2.24. The molecule has 2 aromatic heterocycles. The average molecular weight is 418 g/mol. The normalized spacial score (nSPS) is 11.2. The van der Waals surface area contributed by atoms with Gasteiger partial charge >= 0.3 is 0 Å². The van der Waals surface area contributed by atoms with E-state index < -0.39 is 0 Å². The van der Waals surface area contributed by atoms with E-state index in [0.29, 0.717) is 5.69 Å². The first kappa shape index (κ1) is 20.0. The monoisotopic (exact) mass is 417 g/mol. The van der Waals surface area contributed by atoms with E-state index in [2.05, 4.69) is 74.5 Å². The quantitative estimate of drug-likeness (QED) is 0.215. The lowest BCUT2D eigenvalue weighted by atomic mass is 9.97. The Morgan fingerprint density at radius 2 is 1.56 bits per heavy atom. The molecule has 3 nitrogen and oxygen atoms in total. The molecule has 0 saturated heterocycles. The van der Waals surface area contributed by atoms with Crippen LogP contribution in [0, 0.1) is 34.3 Å². The third-order valence-corrected chi connectivity index (χ3v) is 6.76. The van der Waals surface area contributed by atoms with Crippen molar-refractivity contribution in [3.63, 3.8) is 0 Å². The number of benzene rings is 3. The number of aromatic nitrogens is 1. The summed E-state index contributed by atoms with van der Waals surface area (Å²) in [6.07, 6.45) is 0. The predicted molar refractivity (Wildman–Crippen MR) is 131 cm³/mol. The Bertz CT molecular complexity index is 1570. The van der Waals surface area contributed by atoms with Crippen LogP contribution in [0.2, 0.25) is 0 Å². The standard InChI is InChI=1S/C29H25N2O/c1-17-12-13-23-25-16-22(30-5)15-24(21-10-8-7-9-11-21)28(25)32-29(23)27(17)26-14-18(2)19(3)20(4)31(26)6/h7-16H,1-4,6H3/q+1. The number of hydrogen-bond donors (Lipinski definition) is 0. The number of furan rings is 1. The first-order valence-electron chi connectivity index (χ1n) is 10.8. The maximum atomic E-state index is 7.64. The van der Waals surface area contributed by atoms with Crippen molar-refractivity contribution < 1.29 is 8.98 Å². The van der Waals surface area contributed by atoms with E-state index in [4.69, 9.17) is 11.0 Å². The van der Waals surface area contributed by atoms with Gasteiger partial charge in [0.2, 0.25) is 5.69 Å². The van der Waals surface area contributed by atoms with Crippen LogP contribution in [0.5, 0.6) is 0 Å². The molecule has 0 bridgehead atoms. The summed E-state index contributed by atoms with van der Waals surface area (Å²) in [5.41, 5.74) is 11.6. The molecule has 0 aliphatic heterocycles. The molecule has 0 spiro atoms. The molecular formula is C29H25N2O+. The highest BCUT2D eigenvalue weighted by molar-refractivity contribution is 6.14. The second kappa shape index (κ2) is 7.35. The summed E-state index contributed by atoms with van der Waals surface area (Å²) in [6.45, 7) is 16.3. The summed E-state index contributed by atoms with van der Waals surface area (Å²) in [5, 5.41) is 2.02.